The summed E-state index contributed by atoms with van der Waals surface area (Å²) in [4.78, 5) is 8.41. The van der Waals surface area contributed by atoms with E-state index in [0.29, 0.717) is 4.21 Å². The van der Waals surface area contributed by atoms with Gasteiger partial charge in [0.1, 0.15) is 4.21 Å². The molecule has 0 bridgehead atoms. The van der Waals surface area contributed by atoms with Gasteiger partial charge >= 0.3 is 0 Å². The smallest absolute Gasteiger partial charge is 0.250 e. The van der Waals surface area contributed by atoms with Gasteiger partial charge in [0.25, 0.3) is 0 Å². The van der Waals surface area contributed by atoms with Crippen molar-refractivity contribution in [3.63, 3.8) is 0 Å². The third-order valence-corrected chi connectivity index (χ3v) is 5.84. The normalized spacial score (nSPS) is 11.5. The van der Waals surface area contributed by atoms with Crippen molar-refractivity contribution in [1.82, 2.24) is 14.7 Å². The van der Waals surface area contributed by atoms with Crippen LogP contribution in [0.2, 0.25) is 0 Å². The van der Waals surface area contributed by atoms with Crippen molar-refractivity contribution in [2.45, 2.75) is 10.8 Å². The number of hydrogen-bond donors (Lipinski definition) is 1. The second-order valence-corrected chi connectivity index (χ2v) is 7.45. The fourth-order valence-electron chi connectivity index (χ4n) is 2.00. The highest BCUT2D eigenvalue weighted by Gasteiger charge is 2.16. The summed E-state index contributed by atoms with van der Waals surface area (Å²) in [7, 11) is -3.49. The van der Waals surface area contributed by atoms with E-state index in [1.54, 1.807) is 42.2 Å². The van der Waals surface area contributed by atoms with E-state index in [2.05, 4.69) is 14.7 Å². The molecule has 3 heterocycles. The van der Waals surface area contributed by atoms with Crippen LogP contribution in [0.3, 0.4) is 0 Å². The third kappa shape index (κ3) is 3.22. The van der Waals surface area contributed by atoms with Gasteiger partial charge in [0.05, 0.1) is 5.69 Å². The Morgan fingerprint density at radius 3 is 2.68 bits per heavy atom. The number of sulfonamides is 1. The van der Waals surface area contributed by atoms with E-state index in [1.807, 2.05) is 18.2 Å². The molecule has 112 valence electrons. The average Bonchev–Trinajstić information content (AvgIpc) is 3.10. The van der Waals surface area contributed by atoms with Gasteiger partial charge in [-0.15, -0.1) is 11.3 Å². The minimum atomic E-state index is -3.49. The van der Waals surface area contributed by atoms with E-state index in [1.165, 1.54) is 11.3 Å². The van der Waals surface area contributed by atoms with Gasteiger partial charge in [-0.3, -0.25) is 9.97 Å². The molecule has 5 nitrogen and oxygen atoms in total. The summed E-state index contributed by atoms with van der Waals surface area (Å²) in [6.45, 7) is 0.179. The van der Waals surface area contributed by atoms with E-state index in [-0.39, 0.29) is 6.54 Å². The molecule has 0 aliphatic carbocycles. The predicted octanol–water partition coefficient (Wildman–Crippen LogP) is 2.68. The monoisotopic (exact) mass is 331 g/mol. The van der Waals surface area contributed by atoms with Crippen molar-refractivity contribution in [3.8, 4) is 11.3 Å². The number of aromatic nitrogens is 2. The minimum absolute atomic E-state index is 0.179. The molecule has 0 spiro atoms. The maximum Gasteiger partial charge on any atom is 0.250 e. The Labute approximate surface area is 132 Å². The van der Waals surface area contributed by atoms with Crippen LogP contribution in [0.15, 0.2) is 64.6 Å². The maximum absolute atomic E-state index is 12.2. The number of pyridine rings is 2. The summed E-state index contributed by atoms with van der Waals surface area (Å²) in [5.41, 5.74) is 2.38. The second-order valence-electron chi connectivity index (χ2n) is 4.51. The molecule has 0 aliphatic heterocycles. The minimum Gasteiger partial charge on any atom is -0.264 e. The van der Waals surface area contributed by atoms with Crippen molar-refractivity contribution in [2.24, 2.45) is 0 Å². The zero-order chi connectivity index (χ0) is 15.4. The molecule has 0 fully saturated rings. The van der Waals surface area contributed by atoms with Crippen molar-refractivity contribution in [1.29, 1.82) is 0 Å². The van der Waals surface area contributed by atoms with Crippen LogP contribution in [0.1, 0.15) is 5.56 Å². The van der Waals surface area contributed by atoms with E-state index in [9.17, 15) is 8.42 Å². The Balaban J connectivity index is 1.85. The molecule has 0 atom stereocenters. The summed E-state index contributed by atoms with van der Waals surface area (Å²) in [5.74, 6) is 0. The zero-order valence-corrected chi connectivity index (χ0v) is 13.1. The molecule has 0 radical (unpaired) electrons. The first-order valence-electron chi connectivity index (χ1n) is 6.54. The summed E-state index contributed by atoms with van der Waals surface area (Å²) in [6, 6.07) is 10.7. The number of hydrogen-bond acceptors (Lipinski definition) is 5. The highest BCUT2D eigenvalue weighted by Crippen LogP contribution is 2.21. The molecular weight excluding hydrogens is 318 g/mol. The lowest BCUT2D eigenvalue weighted by Gasteiger charge is -2.09. The number of thiophene rings is 1. The molecule has 0 unspecified atom stereocenters. The largest absolute Gasteiger partial charge is 0.264 e. The average molecular weight is 331 g/mol. The summed E-state index contributed by atoms with van der Waals surface area (Å²) >= 11 is 1.19. The van der Waals surface area contributed by atoms with Crippen LogP contribution >= 0.6 is 11.3 Å². The molecule has 0 amide bonds. The van der Waals surface area contributed by atoms with Gasteiger partial charge in [0.2, 0.25) is 10.0 Å². The quantitative estimate of drug-likeness (QED) is 0.780. The molecule has 0 aromatic carbocycles. The van der Waals surface area contributed by atoms with Crippen LogP contribution < -0.4 is 4.72 Å². The van der Waals surface area contributed by atoms with Gasteiger partial charge in [0, 0.05) is 30.7 Å². The van der Waals surface area contributed by atoms with Crippen LogP contribution in [0.5, 0.6) is 0 Å². The lowest BCUT2D eigenvalue weighted by Crippen LogP contribution is -2.22. The molecule has 1 N–H and O–H groups in total. The Hall–Kier alpha value is -2.09. The zero-order valence-electron chi connectivity index (χ0n) is 11.5. The van der Waals surface area contributed by atoms with Gasteiger partial charge in [-0.1, -0.05) is 12.1 Å². The van der Waals surface area contributed by atoms with Crippen molar-refractivity contribution >= 4 is 21.4 Å². The third-order valence-electron chi connectivity index (χ3n) is 3.04. The van der Waals surface area contributed by atoms with Gasteiger partial charge in [0.15, 0.2) is 0 Å². The molecule has 0 saturated heterocycles. The number of nitrogens with one attached hydrogen (secondary N) is 1. The first kappa shape index (κ1) is 14.8. The van der Waals surface area contributed by atoms with E-state index >= 15 is 0 Å². The number of rotatable bonds is 5. The molecule has 0 aliphatic rings. The standard InChI is InChI=1S/C15H13N3O2S2/c19-22(20,14-6-3-9-21-14)18-11-13-5-2-8-17-15(13)12-4-1-7-16-10-12/h1-10,18H,11H2. The molecule has 3 aromatic rings. The first-order valence-corrected chi connectivity index (χ1v) is 8.90. The number of nitrogens with zero attached hydrogens (tertiary/aromatic N) is 2. The van der Waals surface area contributed by atoms with E-state index < -0.39 is 10.0 Å². The Morgan fingerprint density at radius 1 is 1.09 bits per heavy atom. The summed E-state index contributed by atoms with van der Waals surface area (Å²) < 4.78 is 27.3. The SMILES string of the molecule is O=S(=O)(NCc1cccnc1-c1cccnc1)c1cccs1. The summed E-state index contributed by atoms with van der Waals surface area (Å²) in [6.07, 6.45) is 5.07. The van der Waals surface area contributed by atoms with Crippen molar-refractivity contribution < 1.29 is 8.42 Å². The van der Waals surface area contributed by atoms with Crippen LogP contribution in [-0.4, -0.2) is 18.4 Å². The van der Waals surface area contributed by atoms with E-state index in [0.717, 1.165) is 16.8 Å². The molecule has 22 heavy (non-hydrogen) atoms. The van der Waals surface area contributed by atoms with Crippen LogP contribution in [-0.2, 0) is 16.6 Å². The topological polar surface area (TPSA) is 72.0 Å². The van der Waals surface area contributed by atoms with Gasteiger partial charge in [-0.25, -0.2) is 13.1 Å². The van der Waals surface area contributed by atoms with Gasteiger partial charge < -0.3 is 0 Å². The molecule has 3 rings (SSSR count). The Kier molecular flexibility index (Phi) is 4.28. The predicted molar refractivity (Wildman–Crippen MR) is 85.8 cm³/mol. The van der Waals surface area contributed by atoms with Gasteiger partial charge in [-0.2, -0.15) is 0 Å². The highest BCUT2D eigenvalue weighted by molar-refractivity contribution is 7.91. The highest BCUT2D eigenvalue weighted by atomic mass is 32.2. The fraction of sp³-hybridized carbons (Fsp3) is 0.0667. The maximum atomic E-state index is 12.2. The molecule has 7 heteroatoms. The fourth-order valence-corrected chi connectivity index (χ4v) is 4.05. The molecule has 3 aromatic heterocycles. The molecular formula is C15H13N3O2S2. The second kappa shape index (κ2) is 6.35. The lowest BCUT2D eigenvalue weighted by molar-refractivity contribution is 0.583. The van der Waals surface area contributed by atoms with Crippen LogP contribution in [0, 0.1) is 0 Å². The Morgan fingerprint density at radius 2 is 1.95 bits per heavy atom. The van der Waals surface area contributed by atoms with Crippen molar-refractivity contribution in [2.75, 3.05) is 0 Å². The molecule has 0 saturated carbocycles. The lowest BCUT2D eigenvalue weighted by atomic mass is 10.1. The van der Waals surface area contributed by atoms with Gasteiger partial charge in [-0.05, 0) is 35.2 Å². The first-order chi connectivity index (χ1) is 10.7. The summed E-state index contributed by atoms with van der Waals surface area (Å²) in [5, 5.41) is 1.74. The van der Waals surface area contributed by atoms with E-state index in [4.69, 9.17) is 0 Å². The van der Waals surface area contributed by atoms with Crippen LogP contribution in [0.25, 0.3) is 11.3 Å². The van der Waals surface area contributed by atoms with Crippen molar-refractivity contribution in [3.05, 3.63) is 65.9 Å². The van der Waals surface area contributed by atoms with Crippen LogP contribution in [0.4, 0.5) is 0 Å². The Bertz CT molecular complexity index is 848.